The maximum absolute atomic E-state index is 11.1. The van der Waals surface area contributed by atoms with E-state index in [0.717, 1.165) is 12.8 Å². The molecule has 12 heavy (non-hydrogen) atoms. The average molecular weight is 188 g/mol. The highest BCUT2D eigenvalue weighted by Gasteiger charge is 2.08. The van der Waals surface area contributed by atoms with E-state index in [2.05, 4.69) is 17.6 Å². The summed E-state index contributed by atoms with van der Waals surface area (Å²) >= 11 is 3.88. The Hall–Kier alpha value is -0.840. The van der Waals surface area contributed by atoms with Crippen LogP contribution in [0.15, 0.2) is 9.82 Å². The third kappa shape index (κ3) is 1.66. The van der Waals surface area contributed by atoms with Crippen molar-refractivity contribution in [2.45, 2.75) is 31.3 Å². The van der Waals surface area contributed by atoms with Crippen molar-refractivity contribution in [3.63, 3.8) is 0 Å². The molecule has 1 aromatic heterocycles. The number of aromatic nitrogens is 2. The molecule has 0 saturated carbocycles. The predicted molar refractivity (Wildman–Crippen MR) is 48.9 cm³/mol. The van der Waals surface area contributed by atoms with E-state index in [1.807, 2.05) is 6.92 Å². The highest BCUT2D eigenvalue weighted by atomic mass is 32.1. The van der Waals surface area contributed by atoms with E-state index in [1.54, 1.807) is 0 Å². The minimum absolute atomic E-state index is 0.0724. The molecule has 0 aliphatic carbocycles. The van der Waals surface area contributed by atoms with Gasteiger partial charge in [0.05, 0.1) is 0 Å². The fraction of sp³-hybridized carbons (Fsp3) is 0.571. The van der Waals surface area contributed by atoms with Gasteiger partial charge in [-0.3, -0.25) is 9.55 Å². The SMILES string of the molecule is CCCCn1c(O)c(S)[nH]c1=O. The summed E-state index contributed by atoms with van der Waals surface area (Å²) in [6, 6.07) is 0. The molecule has 0 radical (unpaired) electrons. The number of nitrogens with zero attached hydrogens (tertiary/aromatic N) is 1. The Balaban J connectivity index is 2.90. The molecule has 0 aromatic carbocycles. The molecule has 0 saturated heterocycles. The summed E-state index contributed by atoms with van der Waals surface area (Å²) in [5, 5.41) is 9.53. The zero-order chi connectivity index (χ0) is 9.14. The monoisotopic (exact) mass is 188 g/mol. The van der Waals surface area contributed by atoms with Crippen molar-refractivity contribution in [3.8, 4) is 5.88 Å². The summed E-state index contributed by atoms with van der Waals surface area (Å²) in [7, 11) is 0. The summed E-state index contributed by atoms with van der Waals surface area (Å²) in [4.78, 5) is 13.5. The molecule has 1 rings (SSSR count). The zero-order valence-corrected chi connectivity index (χ0v) is 7.77. The second-order valence-electron chi connectivity index (χ2n) is 2.61. The van der Waals surface area contributed by atoms with Crippen molar-refractivity contribution in [3.05, 3.63) is 10.5 Å². The number of aromatic amines is 1. The molecule has 68 valence electrons. The van der Waals surface area contributed by atoms with E-state index in [-0.39, 0.29) is 16.6 Å². The van der Waals surface area contributed by atoms with Crippen LogP contribution in [0.25, 0.3) is 0 Å². The van der Waals surface area contributed by atoms with Crippen LogP contribution >= 0.6 is 12.6 Å². The van der Waals surface area contributed by atoms with E-state index >= 15 is 0 Å². The lowest BCUT2D eigenvalue weighted by Crippen LogP contribution is -2.16. The van der Waals surface area contributed by atoms with Gasteiger partial charge in [-0.1, -0.05) is 13.3 Å². The Morgan fingerprint density at radius 1 is 1.67 bits per heavy atom. The summed E-state index contributed by atoms with van der Waals surface area (Å²) in [6.45, 7) is 2.56. The van der Waals surface area contributed by atoms with Gasteiger partial charge in [-0.15, -0.1) is 12.6 Å². The van der Waals surface area contributed by atoms with Gasteiger partial charge in [0.1, 0.15) is 5.03 Å². The van der Waals surface area contributed by atoms with Crippen LogP contribution in [0.1, 0.15) is 19.8 Å². The molecule has 0 amide bonds. The van der Waals surface area contributed by atoms with Crippen molar-refractivity contribution in [2.75, 3.05) is 0 Å². The second kappa shape index (κ2) is 3.71. The van der Waals surface area contributed by atoms with Crippen LogP contribution in [0.5, 0.6) is 5.88 Å². The van der Waals surface area contributed by atoms with Crippen LogP contribution in [0.3, 0.4) is 0 Å². The van der Waals surface area contributed by atoms with Crippen LogP contribution < -0.4 is 5.69 Å². The number of hydrogen-bond acceptors (Lipinski definition) is 3. The molecule has 2 N–H and O–H groups in total. The van der Waals surface area contributed by atoms with E-state index in [4.69, 9.17) is 0 Å². The number of thiol groups is 1. The number of aromatic hydroxyl groups is 1. The van der Waals surface area contributed by atoms with Gasteiger partial charge in [0.2, 0.25) is 5.88 Å². The van der Waals surface area contributed by atoms with E-state index < -0.39 is 0 Å². The molecule has 0 aliphatic rings. The predicted octanol–water partition coefficient (Wildman–Crippen LogP) is 0.971. The van der Waals surface area contributed by atoms with E-state index in [0.29, 0.717) is 6.54 Å². The lowest BCUT2D eigenvalue weighted by atomic mass is 10.3. The van der Waals surface area contributed by atoms with Crippen LogP contribution in [-0.2, 0) is 6.54 Å². The maximum Gasteiger partial charge on any atom is 0.329 e. The number of hydrogen-bond donors (Lipinski definition) is 3. The first-order valence-corrected chi connectivity index (χ1v) is 4.32. The van der Waals surface area contributed by atoms with Crippen molar-refractivity contribution in [1.82, 2.24) is 9.55 Å². The number of unbranched alkanes of at least 4 members (excludes halogenated alkanes) is 1. The first-order chi connectivity index (χ1) is 5.66. The summed E-state index contributed by atoms with van der Waals surface area (Å²) in [6.07, 6.45) is 1.86. The first-order valence-electron chi connectivity index (χ1n) is 3.87. The molecule has 1 heterocycles. The molecule has 5 heteroatoms. The Morgan fingerprint density at radius 2 is 2.33 bits per heavy atom. The van der Waals surface area contributed by atoms with E-state index in [1.165, 1.54) is 4.57 Å². The summed E-state index contributed by atoms with van der Waals surface area (Å²) < 4.78 is 1.28. The number of imidazole rings is 1. The quantitative estimate of drug-likeness (QED) is 0.619. The van der Waals surface area contributed by atoms with Crippen LogP contribution in [0, 0.1) is 0 Å². The van der Waals surface area contributed by atoms with Gasteiger partial charge in [-0.2, -0.15) is 0 Å². The topological polar surface area (TPSA) is 58.0 Å². The molecule has 4 nitrogen and oxygen atoms in total. The van der Waals surface area contributed by atoms with Gasteiger partial charge in [-0.25, -0.2) is 4.79 Å². The largest absolute Gasteiger partial charge is 0.492 e. The number of rotatable bonds is 3. The smallest absolute Gasteiger partial charge is 0.329 e. The Kier molecular flexibility index (Phi) is 2.86. The molecule has 0 atom stereocenters. The Morgan fingerprint density at radius 3 is 2.75 bits per heavy atom. The zero-order valence-electron chi connectivity index (χ0n) is 6.87. The van der Waals surface area contributed by atoms with Gasteiger partial charge >= 0.3 is 5.69 Å². The minimum Gasteiger partial charge on any atom is -0.492 e. The van der Waals surface area contributed by atoms with E-state index in [9.17, 15) is 9.90 Å². The van der Waals surface area contributed by atoms with Gasteiger partial charge in [0.25, 0.3) is 0 Å². The standard InChI is InChI=1S/C7H12N2O2S/c1-2-3-4-9-6(10)5(12)8-7(9)11/h10,12H,2-4H2,1H3,(H,8,11). The molecule has 0 bridgehead atoms. The molecule has 1 aromatic rings. The van der Waals surface area contributed by atoms with Gasteiger partial charge < -0.3 is 5.11 Å². The van der Waals surface area contributed by atoms with Crippen molar-refractivity contribution >= 4 is 12.6 Å². The summed E-state index contributed by atoms with van der Waals surface area (Å²) in [5.41, 5.74) is -0.300. The van der Waals surface area contributed by atoms with Crippen molar-refractivity contribution in [2.24, 2.45) is 0 Å². The van der Waals surface area contributed by atoms with Crippen molar-refractivity contribution in [1.29, 1.82) is 0 Å². The fourth-order valence-corrected chi connectivity index (χ4v) is 1.19. The second-order valence-corrected chi connectivity index (χ2v) is 3.05. The third-order valence-corrected chi connectivity index (χ3v) is 1.99. The highest BCUT2D eigenvalue weighted by Crippen LogP contribution is 2.16. The molecule has 0 aliphatic heterocycles. The third-order valence-electron chi connectivity index (χ3n) is 1.67. The molecule has 0 fully saturated rings. The molecular formula is C7H12N2O2S. The van der Waals surface area contributed by atoms with Gasteiger partial charge in [0.15, 0.2) is 0 Å². The van der Waals surface area contributed by atoms with Gasteiger partial charge in [-0.05, 0) is 6.42 Å². The van der Waals surface area contributed by atoms with Gasteiger partial charge in [0, 0.05) is 6.54 Å². The lowest BCUT2D eigenvalue weighted by Gasteiger charge is -1.99. The molecular weight excluding hydrogens is 176 g/mol. The first kappa shape index (κ1) is 9.25. The minimum atomic E-state index is -0.300. The average Bonchev–Trinajstić information content (AvgIpc) is 2.25. The Bertz CT molecular complexity index is 316. The summed E-state index contributed by atoms with van der Waals surface area (Å²) in [5.74, 6) is -0.0724. The fourth-order valence-electron chi connectivity index (χ4n) is 0.972. The van der Waals surface area contributed by atoms with Crippen LogP contribution in [-0.4, -0.2) is 14.7 Å². The van der Waals surface area contributed by atoms with Crippen molar-refractivity contribution < 1.29 is 5.11 Å². The Labute approximate surface area is 75.6 Å². The number of nitrogens with one attached hydrogen (secondary N) is 1. The molecule has 0 unspecified atom stereocenters. The molecule has 0 spiro atoms. The maximum atomic E-state index is 11.1. The van der Waals surface area contributed by atoms with Crippen LogP contribution in [0.4, 0.5) is 0 Å². The number of H-pyrrole nitrogens is 1. The normalized spacial score (nSPS) is 10.5. The lowest BCUT2D eigenvalue weighted by molar-refractivity contribution is 0.398. The van der Waals surface area contributed by atoms with Crippen LogP contribution in [0.2, 0.25) is 0 Å². The highest BCUT2D eigenvalue weighted by molar-refractivity contribution is 7.80.